The second-order valence-corrected chi connectivity index (χ2v) is 7.58. The van der Waals surface area contributed by atoms with E-state index in [2.05, 4.69) is 15.5 Å². The molecule has 156 valence electrons. The normalized spacial score (nSPS) is 10.6. The zero-order chi connectivity index (χ0) is 21.7. The minimum absolute atomic E-state index is 0.0734. The number of nitrogens with one attached hydrogen (secondary N) is 1. The standard InChI is InChI=1S/C20H22N6O3S/c1-4-25-19(14-7-5-9-16(11-14)24(2)3)22-23-20(25)30-13-18(27)21-15-8-6-10-17(12-15)26(28)29/h5-12H,4,13H2,1-3H3,(H,21,27). The van der Waals surface area contributed by atoms with Crippen molar-refractivity contribution in [2.45, 2.75) is 18.6 Å². The fraction of sp³-hybridized carbons (Fsp3) is 0.250. The molecule has 10 heteroatoms. The maximum atomic E-state index is 12.3. The van der Waals surface area contributed by atoms with Crippen molar-refractivity contribution in [3.05, 3.63) is 58.6 Å². The summed E-state index contributed by atoms with van der Waals surface area (Å²) < 4.78 is 1.96. The lowest BCUT2D eigenvalue weighted by Crippen LogP contribution is -2.14. The van der Waals surface area contributed by atoms with Crippen molar-refractivity contribution in [3.63, 3.8) is 0 Å². The van der Waals surface area contributed by atoms with E-state index in [-0.39, 0.29) is 17.3 Å². The number of carbonyl (C=O) groups is 1. The number of rotatable bonds is 8. The van der Waals surface area contributed by atoms with Gasteiger partial charge < -0.3 is 14.8 Å². The van der Waals surface area contributed by atoms with E-state index in [1.54, 1.807) is 6.07 Å². The molecule has 0 saturated heterocycles. The largest absolute Gasteiger partial charge is 0.378 e. The molecule has 1 amide bonds. The van der Waals surface area contributed by atoms with Crippen LogP contribution in [0.4, 0.5) is 17.1 Å². The van der Waals surface area contributed by atoms with Gasteiger partial charge in [-0.15, -0.1) is 10.2 Å². The van der Waals surface area contributed by atoms with Gasteiger partial charge in [0.2, 0.25) is 5.91 Å². The van der Waals surface area contributed by atoms with E-state index in [4.69, 9.17) is 0 Å². The average Bonchev–Trinajstić information content (AvgIpc) is 3.15. The van der Waals surface area contributed by atoms with E-state index in [0.717, 1.165) is 17.1 Å². The van der Waals surface area contributed by atoms with Gasteiger partial charge in [0.25, 0.3) is 5.69 Å². The fourth-order valence-corrected chi connectivity index (χ4v) is 3.64. The molecule has 0 bridgehead atoms. The van der Waals surface area contributed by atoms with Crippen LogP contribution in [0.15, 0.2) is 53.7 Å². The third-order valence-corrected chi connectivity index (χ3v) is 5.29. The monoisotopic (exact) mass is 426 g/mol. The van der Waals surface area contributed by atoms with Crippen LogP contribution in [0.2, 0.25) is 0 Å². The molecular formula is C20H22N6O3S. The first-order valence-electron chi connectivity index (χ1n) is 9.27. The highest BCUT2D eigenvalue weighted by molar-refractivity contribution is 7.99. The average molecular weight is 427 g/mol. The number of nitro groups is 1. The third kappa shape index (κ3) is 4.95. The van der Waals surface area contributed by atoms with Crippen LogP contribution in [-0.2, 0) is 11.3 Å². The van der Waals surface area contributed by atoms with Crippen LogP contribution in [0, 0.1) is 10.1 Å². The molecule has 0 unspecified atom stereocenters. The molecule has 30 heavy (non-hydrogen) atoms. The van der Waals surface area contributed by atoms with Crippen LogP contribution in [-0.4, -0.2) is 45.4 Å². The second kappa shape index (κ2) is 9.40. The highest BCUT2D eigenvalue weighted by Crippen LogP contribution is 2.27. The minimum Gasteiger partial charge on any atom is -0.378 e. The van der Waals surface area contributed by atoms with Crippen LogP contribution in [0.25, 0.3) is 11.4 Å². The van der Waals surface area contributed by atoms with Crippen molar-refractivity contribution in [1.82, 2.24) is 14.8 Å². The number of aromatic nitrogens is 3. The highest BCUT2D eigenvalue weighted by atomic mass is 32.2. The molecule has 2 aromatic carbocycles. The van der Waals surface area contributed by atoms with Gasteiger partial charge >= 0.3 is 0 Å². The SMILES string of the molecule is CCn1c(SCC(=O)Nc2cccc([N+](=O)[O-])c2)nnc1-c1cccc(N(C)C)c1. The van der Waals surface area contributed by atoms with Crippen molar-refractivity contribution in [3.8, 4) is 11.4 Å². The Labute approximate surface area is 178 Å². The van der Waals surface area contributed by atoms with Gasteiger partial charge in [-0.05, 0) is 25.1 Å². The third-order valence-electron chi connectivity index (χ3n) is 4.33. The number of thioether (sulfide) groups is 1. The lowest BCUT2D eigenvalue weighted by Gasteiger charge is -2.14. The number of nitro benzene ring substituents is 1. The van der Waals surface area contributed by atoms with Crippen LogP contribution in [0.3, 0.4) is 0 Å². The van der Waals surface area contributed by atoms with Crippen molar-refractivity contribution >= 4 is 34.7 Å². The molecule has 1 heterocycles. The Morgan fingerprint density at radius 2 is 1.97 bits per heavy atom. The van der Waals surface area contributed by atoms with Gasteiger partial charge in [0.15, 0.2) is 11.0 Å². The molecule has 0 spiro atoms. The summed E-state index contributed by atoms with van der Waals surface area (Å²) in [6.07, 6.45) is 0. The van der Waals surface area contributed by atoms with Crippen LogP contribution in [0.5, 0.6) is 0 Å². The summed E-state index contributed by atoms with van der Waals surface area (Å²) in [7, 11) is 3.95. The number of non-ortho nitro benzene ring substituents is 1. The smallest absolute Gasteiger partial charge is 0.271 e. The summed E-state index contributed by atoms with van der Waals surface area (Å²) in [5, 5.41) is 22.7. The molecule has 0 fully saturated rings. The lowest BCUT2D eigenvalue weighted by molar-refractivity contribution is -0.384. The second-order valence-electron chi connectivity index (χ2n) is 6.64. The first-order valence-corrected chi connectivity index (χ1v) is 10.3. The van der Waals surface area contributed by atoms with Gasteiger partial charge in [0.05, 0.1) is 10.7 Å². The van der Waals surface area contributed by atoms with E-state index in [0.29, 0.717) is 17.4 Å². The van der Waals surface area contributed by atoms with E-state index >= 15 is 0 Å². The van der Waals surface area contributed by atoms with Gasteiger partial charge in [0.1, 0.15) is 0 Å². The summed E-state index contributed by atoms with van der Waals surface area (Å²) in [5.74, 6) is 0.573. The molecule has 9 nitrogen and oxygen atoms in total. The Balaban J connectivity index is 1.70. The molecule has 3 aromatic rings. The number of hydrogen-bond donors (Lipinski definition) is 1. The van der Waals surface area contributed by atoms with Crippen molar-refractivity contribution in [2.24, 2.45) is 0 Å². The molecule has 3 rings (SSSR count). The minimum atomic E-state index is -0.499. The van der Waals surface area contributed by atoms with Crippen LogP contribution >= 0.6 is 11.8 Å². The molecule has 1 aromatic heterocycles. The molecule has 0 aliphatic heterocycles. The van der Waals surface area contributed by atoms with Crippen LogP contribution < -0.4 is 10.2 Å². The molecule has 1 N–H and O–H groups in total. The summed E-state index contributed by atoms with van der Waals surface area (Å²) in [6.45, 7) is 2.65. The Hall–Kier alpha value is -3.40. The quantitative estimate of drug-likeness (QED) is 0.333. The maximum absolute atomic E-state index is 12.3. The summed E-state index contributed by atoms with van der Waals surface area (Å²) >= 11 is 1.27. The van der Waals surface area contributed by atoms with E-state index in [1.807, 2.05) is 54.8 Å². The molecule has 0 aliphatic rings. The zero-order valence-corrected chi connectivity index (χ0v) is 17.7. The first kappa shape index (κ1) is 21.3. The van der Waals surface area contributed by atoms with Crippen molar-refractivity contribution in [1.29, 1.82) is 0 Å². The zero-order valence-electron chi connectivity index (χ0n) is 16.9. The first-order chi connectivity index (χ1) is 14.4. The topological polar surface area (TPSA) is 106 Å². The summed E-state index contributed by atoms with van der Waals surface area (Å²) in [5.41, 5.74) is 2.32. The van der Waals surface area contributed by atoms with Gasteiger partial charge in [-0.3, -0.25) is 14.9 Å². The van der Waals surface area contributed by atoms with Crippen molar-refractivity contribution < 1.29 is 9.72 Å². The van der Waals surface area contributed by atoms with Gasteiger partial charge in [0, 0.05) is 49.7 Å². The number of hydrogen-bond acceptors (Lipinski definition) is 7. The van der Waals surface area contributed by atoms with Crippen LogP contribution in [0.1, 0.15) is 6.92 Å². The predicted octanol–water partition coefficient (Wildman–Crippen LogP) is 3.67. The van der Waals surface area contributed by atoms with E-state index in [9.17, 15) is 14.9 Å². The molecule has 0 radical (unpaired) electrons. The van der Waals surface area contributed by atoms with Gasteiger partial charge in [-0.1, -0.05) is 30.0 Å². The Kier molecular flexibility index (Phi) is 6.68. The maximum Gasteiger partial charge on any atom is 0.271 e. The Morgan fingerprint density at radius 1 is 1.20 bits per heavy atom. The number of amides is 1. The Bertz CT molecular complexity index is 1070. The Morgan fingerprint density at radius 3 is 2.67 bits per heavy atom. The lowest BCUT2D eigenvalue weighted by atomic mass is 10.2. The van der Waals surface area contributed by atoms with Crippen molar-refractivity contribution in [2.75, 3.05) is 30.1 Å². The number of anilines is 2. The van der Waals surface area contributed by atoms with Gasteiger partial charge in [-0.25, -0.2) is 0 Å². The van der Waals surface area contributed by atoms with E-state index in [1.165, 1.54) is 30.0 Å². The predicted molar refractivity (Wildman–Crippen MR) is 118 cm³/mol. The number of nitrogens with zero attached hydrogens (tertiary/aromatic N) is 5. The molecule has 0 aliphatic carbocycles. The highest BCUT2D eigenvalue weighted by Gasteiger charge is 2.16. The summed E-state index contributed by atoms with van der Waals surface area (Å²) in [4.78, 5) is 24.7. The summed E-state index contributed by atoms with van der Waals surface area (Å²) in [6, 6.07) is 13.9. The molecule has 0 atom stereocenters. The fourth-order valence-electron chi connectivity index (χ4n) is 2.84. The molecular weight excluding hydrogens is 404 g/mol. The number of benzene rings is 2. The number of carbonyl (C=O) groups excluding carboxylic acids is 1. The van der Waals surface area contributed by atoms with Gasteiger partial charge in [-0.2, -0.15) is 0 Å². The van der Waals surface area contributed by atoms with E-state index < -0.39 is 4.92 Å². The molecule has 0 saturated carbocycles.